The van der Waals surface area contributed by atoms with Crippen LogP contribution in [0.1, 0.15) is 182 Å². The van der Waals surface area contributed by atoms with Crippen molar-refractivity contribution in [1.29, 1.82) is 0 Å². The quantitative estimate of drug-likeness (QED) is 0.0562. The van der Waals surface area contributed by atoms with Crippen LogP contribution in [0.4, 0.5) is 4.79 Å². The van der Waals surface area contributed by atoms with E-state index >= 15 is 0 Å². The summed E-state index contributed by atoms with van der Waals surface area (Å²) in [5.41, 5.74) is 0. The molecule has 0 aromatic rings. The molecule has 0 aromatic heterocycles. The van der Waals surface area contributed by atoms with E-state index < -0.39 is 6.16 Å². The molecule has 0 aliphatic carbocycles. The van der Waals surface area contributed by atoms with E-state index in [1.807, 2.05) is 0 Å². The monoisotopic (exact) mass is 542 g/mol. The van der Waals surface area contributed by atoms with E-state index in [-0.39, 0.29) is 0 Å². The number of nitrogens with zero attached hydrogens (tertiary/aromatic N) is 1. The van der Waals surface area contributed by atoms with Crippen LogP contribution in [0.3, 0.4) is 0 Å². The average Bonchev–Trinajstić information content (AvgIpc) is 2.92. The minimum absolute atomic E-state index is 1.04. The number of carbonyl (C=O) groups excluding carboxylic acids is 1. The van der Waals surface area contributed by atoms with Gasteiger partial charge in [0.1, 0.15) is 0 Å². The van der Waals surface area contributed by atoms with E-state index in [1.54, 1.807) is 0 Å². The standard InChI is InChI=1S/C32H68N.C2H4O3/c1-5-9-13-17-18-19-20-21-22-23-24-28-32-33(29-25-14-10-6-2,30-26-15-11-7-3)31-27-16-12-8-4;1-5-2(3)4/h5-32H2,1-4H3;1H3,(H,3,4)/q+1;/p-1. The lowest BCUT2D eigenvalue weighted by Gasteiger charge is -2.39. The van der Waals surface area contributed by atoms with Crippen molar-refractivity contribution in [2.24, 2.45) is 0 Å². The molecule has 230 valence electrons. The van der Waals surface area contributed by atoms with E-state index in [9.17, 15) is 0 Å². The second-order valence-electron chi connectivity index (χ2n) is 11.8. The van der Waals surface area contributed by atoms with Crippen molar-refractivity contribution >= 4 is 6.16 Å². The Kier molecular flexibility index (Phi) is 33.6. The second kappa shape index (κ2) is 32.4. The highest BCUT2D eigenvalue weighted by Crippen LogP contribution is 2.20. The third-order valence-electron chi connectivity index (χ3n) is 8.11. The lowest BCUT2D eigenvalue weighted by molar-refractivity contribution is -0.929. The van der Waals surface area contributed by atoms with E-state index in [2.05, 4.69) is 32.4 Å². The van der Waals surface area contributed by atoms with Gasteiger partial charge in [0.15, 0.2) is 0 Å². The Balaban J connectivity index is 0. The summed E-state index contributed by atoms with van der Waals surface area (Å²) in [6, 6.07) is 0. The van der Waals surface area contributed by atoms with Crippen LogP contribution in [0, 0.1) is 0 Å². The summed E-state index contributed by atoms with van der Waals surface area (Å²) < 4.78 is 5.02. The number of unbranched alkanes of at least 4 members (excludes halogenated alkanes) is 20. The molecule has 0 unspecified atom stereocenters. The Hall–Kier alpha value is -0.770. The molecule has 0 spiro atoms. The van der Waals surface area contributed by atoms with Gasteiger partial charge in [-0.1, -0.05) is 130 Å². The maximum Gasteiger partial charge on any atom is 0.251 e. The van der Waals surface area contributed by atoms with Gasteiger partial charge in [0, 0.05) is 7.11 Å². The molecule has 0 amide bonds. The zero-order valence-corrected chi connectivity index (χ0v) is 27.0. The normalized spacial score (nSPS) is 11.3. The van der Waals surface area contributed by atoms with Crippen molar-refractivity contribution in [3.05, 3.63) is 0 Å². The van der Waals surface area contributed by atoms with Crippen molar-refractivity contribution in [2.75, 3.05) is 33.3 Å². The predicted octanol–water partition coefficient (Wildman–Crippen LogP) is 10.2. The molecule has 4 nitrogen and oxygen atoms in total. The van der Waals surface area contributed by atoms with Gasteiger partial charge in [-0.05, 0) is 51.4 Å². The Bertz CT molecular complexity index is 424. The molecule has 0 N–H and O–H groups in total. The maximum atomic E-state index is 9.03. The highest BCUT2D eigenvalue weighted by atomic mass is 16.6. The van der Waals surface area contributed by atoms with E-state index in [1.165, 1.54) is 185 Å². The van der Waals surface area contributed by atoms with Crippen LogP contribution < -0.4 is 5.11 Å². The molecule has 0 aliphatic rings. The van der Waals surface area contributed by atoms with Gasteiger partial charge < -0.3 is 19.1 Å². The fourth-order valence-electron chi connectivity index (χ4n) is 5.58. The molecule has 0 fully saturated rings. The number of hydrogen-bond donors (Lipinski definition) is 0. The molecule has 0 aliphatic heterocycles. The first kappa shape index (κ1) is 39.4. The number of hydrogen-bond acceptors (Lipinski definition) is 3. The fourth-order valence-corrected chi connectivity index (χ4v) is 5.58. The molecule has 0 aromatic carbocycles. The number of carbonyl (C=O) groups is 1. The van der Waals surface area contributed by atoms with Crippen LogP contribution in [-0.4, -0.2) is 43.9 Å². The summed E-state index contributed by atoms with van der Waals surface area (Å²) in [5, 5.41) is 9.03. The second-order valence-corrected chi connectivity index (χ2v) is 11.8. The molecule has 0 saturated heterocycles. The maximum absolute atomic E-state index is 9.03. The topological polar surface area (TPSA) is 49.4 Å². The van der Waals surface area contributed by atoms with Gasteiger partial charge in [0.2, 0.25) is 0 Å². The van der Waals surface area contributed by atoms with Crippen LogP contribution >= 0.6 is 0 Å². The summed E-state index contributed by atoms with van der Waals surface area (Å²) in [4.78, 5) is 9.03. The summed E-state index contributed by atoms with van der Waals surface area (Å²) in [6.07, 6.45) is 33.3. The minimum Gasteiger partial charge on any atom is -0.553 e. The fraction of sp³-hybridized carbons (Fsp3) is 0.971. The molecule has 0 rings (SSSR count). The van der Waals surface area contributed by atoms with Crippen LogP contribution in [0.5, 0.6) is 0 Å². The molecule has 0 heterocycles. The highest BCUT2D eigenvalue weighted by Gasteiger charge is 2.25. The lowest BCUT2D eigenvalue weighted by atomic mass is 10.0. The molecule has 38 heavy (non-hydrogen) atoms. The number of methoxy groups -OCH3 is 1. The Morgan fingerprint density at radius 2 is 0.632 bits per heavy atom. The van der Waals surface area contributed by atoms with E-state index in [4.69, 9.17) is 9.90 Å². The first-order chi connectivity index (χ1) is 18.5. The van der Waals surface area contributed by atoms with Crippen molar-refractivity contribution in [1.82, 2.24) is 0 Å². The lowest BCUT2D eigenvalue weighted by Crippen LogP contribution is -2.50. The SMILES string of the molecule is CCCCCCCCCCCCCC[N+](CCCCCC)(CCCCCC)CCCCCC.COC(=O)[O-]. The number of carboxylic acid groups (broad SMARTS) is 1. The zero-order valence-electron chi connectivity index (χ0n) is 27.0. The number of rotatable bonds is 28. The molecule has 4 heteroatoms. The molecule has 0 radical (unpaired) electrons. The Morgan fingerprint density at radius 3 is 0.842 bits per heavy atom. The van der Waals surface area contributed by atoms with Gasteiger partial charge in [-0.15, -0.1) is 0 Å². The molecule has 0 saturated carbocycles. The Morgan fingerprint density at radius 1 is 0.447 bits per heavy atom. The molecular weight excluding hydrogens is 470 g/mol. The summed E-state index contributed by atoms with van der Waals surface area (Å²) in [5.74, 6) is 0. The summed E-state index contributed by atoms with van der Waals surface area (Å²) in [7, 11) is 1.04. The molecule has 0 atom stereocenters. The highest BCUT2D eigenvalue weighted by molar-refractivity contribution is 5.53. The van der Waals surface area contributed by atoms with Crippen LogP contribution in [-0.2, 0) is 4.74 Å². The van der Waals surface area contributed by atoms with E-state index in [0.717, 1.165) is 7.11 Å². The third-order valence-corrected chi connectivity index (χ3v) is 8.11. The largest absolute Gasteiger partial charge is 0.553 e. The van der Waals surface area contributed by atoms with Gasteiger partial charge >= 0.3 is 0 Å². The summed E-state index contributed by atoms with van der Waals surface area (Å²) in [6.45, 7) is 15.2. The number of quaternary nitrogens is 1. The van der Waals surface area contributed by atoms with Gasteiger partial charge in [0.25, 0.3) is 6.16 Å². The van der Waals surface area contributed by atoms with Crippen LogP contribution in [0.2, 0.25) is 0 Å². The molecular formula is C34H71NO3. The van der Waals surface area contributed by atoms with Gasteiger partial charge in [-0.2, -0.15) is 0 Å². The van der Waals surface area contributed by atoms with Crippen molar-refractivity contribution in [2.45, 2.75) is 182 Å². The minimum atomic E-state index is -1.50. The van der Waals surface area contributed by atoms with Gasteiger partial charge in [0.05, 0.1) is 26.2 Å². The van der Waals surface area contributed by atoms with Crippen molar-refractivity contribution < 1.29 is 19.1 Å². The van der Waals surface area contributed by atoms with Crippen molar-refractivity contribution in [3.63, 3.8) is 0 Å². The first-order valence-corrected chi connectivity index (χ1v) is 17.1. The first-order valence-electron chi connectivity index (χ1n) is 17.1. The molecule has 0 bridgehead atoms. The number of ether oxygens (including phenoxy) is 1. The smallest absolute Gasteiger partial charge is 0.251 e. The zero-order chi connectivity index (χ0) is 28.6. The van der Waals surface area contributed by atoms with Crippen LogP contribution in [0.25, 0.3) is 0 Å². The van der Waals surface area contributed by atoms with Gasteiger partial charge in [-0.3, -0.25) is 0 Å². The predicted molar refractivity (Wildman–Crippen MR) is 166 cm³/mol. The van der Waals surface area contributed by atoms with Crippen molar-refractivity contribution in [3.8, 4) is 0 Å². The van der Waals surface area contributed by atoms with E-state index in [0.29, 0.717) is 0 Å². The van der Waals surface area contributed by atoms with Crippen LogP contribution in [0.15, 0.2) is 0 Å². The average molecular weight is 542 g/mol. The Labute approximate surface area is 240 Å². The summed E-state index contributed by atoms with van der Waals surface area (Å²) >= 11 is 0. The third kappa shape index (κ3) is 29.8. The van der Waals surface area contributed by atoms with Gasteiger partial charge in [-0.25, -0.2) is 0 Å².